The molecule has 192 valence electrons. The van der Waals surface area contributed by atoms with Gasteiger partial charge in [-0.2, -0.15) is 13.2 Å². The third-order valence-corrected chi connectivity index (χ3v) is 7.94. The predicted molar refractivity (Wildman–Crippen MR) is 127 cm³/mol. The maximum atomic E-state index is 14.9. The van der Waals surface area contributed by atoms with Gasteiger partial charge < -0.3 is 9.47 Å². The lowest BCUT2D eigenvalue weighted by Crippen LogP contribution is -2.12. The Morgan fingerprint density at radius 1 is 1.08 bits per heavy atom. The third-order valence-electron chi connectivity index (χ3n) is 7.94. The molecule has 0 amide bonds. The first kappa shape index (κ1) is 23.9. The Morgan fingerprint density at radius 3 is 2.68 bits per heavy atom. The Morgan fingerprint density at radius 2 is 1.89 bits per heavy atom. The molecule has 1 fully saturated rings. The topological polar surface area (TPSA) is 48.4 Å². The van der Waals surface area contributed by atoms with E-state index in [1.165, 1.54) is 18.2 Å². The van der Waals surface area contributed by atoms with Crippen LogP contribution in [0.15, 0.2) is 48.7 Å². The molecule has 0 radical (unpaired) electrons. The van der Waals surface area contributed by atoms with Crippen molar-refractivity contribution >= 4 is 5.97 Å². The number of aryl methyl sites for hydroxylation is 1. The zero-order valence-electron chi connectivity index (χ0n) is 20.1. The first-order valence-corrected chi connectivity index (χ1v) is 12.5. The number of hydrogen-bond acceptors (Lipinski definition) is 4. The average molecular weight is 512 g/mol. The highest BCUT2D eigenvalue weighted by molar-refractivity contribution is 5.79. The summed E-state index contributed by atoms with van der Waals surface area (Å²) in [5.41, 5.74) is 3.39. The number of aromatic nitrogens is 1. The zero-order valence-corrected chi connectivity index (χ0v) is 20.1. The van der Waals surface area contributed by atoms with Crippen LogP contribution in [-0.4, -0.2) is 17.6 Å². The van der Waals surface area contributed by atoms with Crippen molar-refractivity contribution in [3.63, 3.8) is 0 Å². The lowest BCUT2D eigenvalue weighted by atomic mass is 9.88. The van der Waals surface area contributed by atoms with Crippen LogP contribution in [0.25, 0.3) is 0 Å². The van der Waals surface area contributed by atoms with Gasteiger partial charge in [-0.05, 0) is 78.1 Å². The summed E-state index contributed by atoms with van der Waals surface area (Å²) in [4.78, 5) is 16.5. The highest BCUT2D eigenvalue weighted by atomic mass is 19.4. The molecule has 1 heterocycles. The molecule has 0 aliphatic heterocycles. The van der Waals surface area contributed by atoms with Crippen LogP contribution in [0.5, 0.6) is 5.88 Å². The lowest BCUT2D eigenvalue weighted by molar-refractivity contribution is -0.145. The van der Waals surface area contributed by atoms with Gasteiger partial charge in [-0.3, -0.25) is 4.79 Å². The van der Waals surface area contributed by atoms with Gasteiger partial charge in [-0.15, -0.1) is 0 Å². The number of pyridine rings is 1. The predicted octanol–water partition coefficient (Wildman–Crippen LogP) is 6.35. The number of carbonyl (C=O) groups is 1. The van der Waals surface area contributed by atoms with Crippen LogP contribution in [0.3, 0.4) is 0 Å². The maximum absolute atomic E-state index is 14.9. The van der Waals surface area contributed by atoms with Crippen molar-refractivity contribution in [1.29, 1.82) is 0 Å². The summed E-state index contributed by atoms with van der Waals surface area (Å²) in [6.07, 6.45) is -0.978. The summed E-state index contributed by atoms with van der Waals surface area (Å²) in [6, 6.07) is 10.5. The van der Waals surface area contributed by atoms with Crippen molar-refractivity contribution in [2.24, 2.45) is 11.8 Å². The summed E-state index contributed by atoms with van der Waals surface area (Å²) < 4.78 is 66.8. The molecule has 8 heteroatoms. The minimum Gasteiger partial charge on any atom is -0.473 e. The van der Waals surface area contributed by atoms with E-state index < -0.39 is 23.5 Å². The molecule has 2 aromatic carbocycles. The van der Waals surface area contributed by atoms with E-state index >= 15 is 0 Å². The largest absolute Gasteiger partial charge is 0.473 e. The summed E-state index contributed by atoms with van der Waals surface area (Å²) in [5.74, 6) is -0.430. The Labute approximate surface area is 211 Å². The quantitative estimate of drug-likeness (QED) is 0.286. The second kappa shape index (κ2) is 8.85. The Bertz CT molecular complexity index is 1390. The summed E-state index contributed by atoms with van der Waals surface area (Å²) in [7, 11) is 0. The van der Waals surface area contributed by atoms with Gasteiger partial charge in [0.2, 0.25) is 5.88 Å². The fourth-order valence-electron chi connectivity index (χ4n) is 6.23. The fourth-order valence-corrected chi connectivity index (χ4v) is 6.23. The van der Waals surface area contributed by atoms with Crippen LogP contribution < -0.4 is 4.74 Å². The number of carbonyl (C=O) groups excluding carboxylic acids is 1. The van der Waals surface area contributed by atoms with Crippen molar-refractivity contribution in [2.75, 3.05) is 6.61 Å². The summed E-state index contributed by atoms with van der Waals surface area (Å²) in [6.45, 7) is 2.07. The SMILES string of the molecule is CCOC(=O)[C@H]1[C@@H]2Cc3cc(OCc4cc5c(cc4F)CCC5c4ccccc4C(F)(F)F)ncc3[C@@H]21. The molecule has 0 spiro atoms. The van der Waals surface area contributed by atoms with Crippen molar-refractivity contribution < 1.29 is 31.8 Å². The zero-order chi connectivity index (χ0) is 25.9. The van der Waals surface area contributed by atoms with Gasteiger partial charge in [0.1, 0.15) is 12.4 Å². The molecule has 1 unspecified atom stereocenters. The van der Waals surface area contributed by atoms with Gasteiger partial charge in [-0.25, -0.2) is 9.37 Å². The van der Waals surface area contributed by atoms with Gasteiger partial charge in [0.05, 0.1) is 18.1 Å². The van der Waals surface area contributed by atoms with Crippen LogP contribution in [-0.2, 0) is 35.2 Å². The first-order valence-electron chi connectivity index (χ1n) is 12.5. The number of fused-ring (bicyclic) bond motifs is 4. The number of halogens is 4. The molecule has 4 nitrogen and oxygen atoms in total. The molecule has 0 N–H and O–H groups in total. The highest BCUT2D eigenvalue weighted by Gasteiger charge is 2.60. The van der Waals surface area contributed by atoms with Gasteiger partial charge in [-0.1, -0.05) is 18.2 Å². The molecule has 37 heavy (non-hydrogen) atoms. The maximum Gasteiger partial charge on any atom is 0.416 e. The summed E-state index contributed by atoms with van der Waals surface area (Å²) >= 11 is 0. The van der Waals surface area contributed by atoms with E-state index in [1.54, 1.807) is 25.3 Å². The van der Waals surface area contributed by atoms with Gasteiger partial charge in [0.15, 0.2) is 0 Å². The van der Waals surface area contributed by atoms with Crippen LogP contribution in [0.2, 0.25) is 0 Å². The second-order valence-corrected chi connectivity index (χ2v) is 10.0. The number of rotatable bonds is 6. The molecule has 3 aliphatic carbocycles. The van der Waals surface area contributed by atoms with E-state index in [2.05, 4.69) is 4.98 Å². The van der Waals surface area contributed by atoms with E-state index in [0.717, 1.165) is 29.2 Å². The molecular formula is C29H25F4NO3. The van der Waals surface area contributed by atoms with Gasteiger partial charge in [0.25, 0.3) is 0 Å². The molecule has 3 aromatic rings. The standard InChI is InChI=1S/C29H25F4NO3/c1-2-36-28(35)27-21-9-16-12-25(34-13-22(16)26(21)27)37-14-17-10-20-15(11-24(17)30)7-8-18(20)19-5-3-4-6-23(19)29(31,32)33/h3-6,10-13,18,21,26-27H,2,7-9,14H2,1H3/t18?,21-,26-,27+/m1/s1. The van der Waals surface area contributed by atoms with Crippen LogP contribution >= 0.6 is 0 Å². The molecule has 6 rings (SSSR count). The molecule has 1 aromatic heterocycles. The van der Waals surface area contributed by atoms with Gasteiger partial charge >= 0.3 is 12.1 Å². The molecular weight excluding hydrogens is 486 g/mol. The molecule has 0 bridgehead atoms. The van der Waals surface area contributed by atoms with Crippen molar-refractivity contribution in [3.05, 3.63) is 93.4 Å². The second-order valence-electron chi connectivity index (χ2n) is 10.0. The van der Waals surface area contributed by atoms with E-state index in [-0.39, 0.29) is 41.5 Å². The number of benzene rings is 2. The van der Waals surface area contributed by atoms with E-state index in [4.69, 9.17) is 9.47 Å². The molecule has 1 saturated carbocycles. The fraction of sp³-hybridized carbons (Fsp3) is 0.379. The molecule has 0 saturated heterocycles. The molecule has 4 atom stereocenters. The highest BCUT2D eigenvalue weighted by Crippen LogP contribution is 2.61. The van der Waals surface area contributed by atoms with Gasteiger partial charge in [0, 0.05) is 29.7 Å². The van der Waals surface area contributed by atoms with E-state index in [0.29, 0.717) is 30.9 Å². The Kier molecular flexibility index (Phi) is 5.73. The van der Waals surface area contributed by atoms with Crippen molar-refractivity contribution in [3.8, 4) is 5.88 Å². The molecule has 3 aliphatic rings. The number of esters is 1. The van der Waals surface area contributed by atoms with E-state index in [9.17, 15) is 22.4 Å². The van der Waals surface area contributed by atoms with Crippen LogP contribution in [0.1, 0.15) is 64.1 Å². The smallest absolute Gasteiger partial charge is 0.416 e. The number of hydrogen-bond donors (Lipinski definition) is 0. The minimum absolute atomic E-state index is 0.0865. The lowest BCUT2D eigenvalue weighted by Gasteiger charge is -2.19. The first-order chi connectivity index (χ1) is 17.8. The Hall–Kier alpha value is -3.42. The monoisotopic (exact) mass is 511 g/mol. The minimum atomic E-state index is -4.46. The Balaban J connectivity index is 1.20. The van der Waals surface area contributed by atoms with Crippen LogP contribution in [0, 0.1) is 17.7 Å². The number of nitrogens with zero attached hydrogens (tertiary/aromatic N) is 1. The normalized spacial score (nSPS) is 23.3. The third kappa shape index (κ3) is 4.16. The van der Waals surface area contributed by atoms with Crippen molar-refractivity contribution in [1.82, 2.24) is 4.98 Å². The summed E-state index contributed by atoms with van der Waals surface area (Å²) in [5, 5.41) is 0. The average Bonchev–Trinajstić information content (AvgIpc) is 3.22. The number of ether oxygens (including phenoxy) is 2. The van der Waals surface area contributed by atoms with E-state index in [1.807, 2.05) is 6.07 Å². The number of alkyl halides is 3. The van der Waals surface area contributed by atoms with Crippen LogP contribution in [0.4, 0.5) is 17.6 Å². The van der Waals surface area contributed by atoms with Crippen molar-refractivity contribution in [2.45, 2.75) is 50.8 Å².